The Labute approximate surface area is 131 Å². The normalized spacial score (nSPS) is 10.9. The molecule has 1 aromatic carbocycles. The smallest absolute Gasteiger partial charge is 0.260 e. The van der Waals surface area contributed by atoms with Crippen molar-refractivity contribution in [3.63, 3.8) is 0 Å². The van der Waals surface area contributed by atoms with Gasteiger partial charge in [0.05, 0.1) is 10.9 Å². The number of halogens is 2. The number of benzene rings is 1. The minimum absolute atomic E-state index is 0.0863. The molecule has 3 aromatic rings. The lowest BCUT2D eigenvalue weighted by Crippen LogP contribution is -2.14. The van der Waals surface area contributed by atoms with Crippen LogP contribution in [0.4, 0.5) is 10.1 Å². The van der Waals surface area contributed by atoms with Crippen LogP contribution in [0.5, 0.6) is 0 Å². The van der Waals surface area contributed by atoms with E-state index in [0.717, 1.165) is 5.56 Å². The number of nitrogens with zero attached hydrogens (tertiary/aromatic N) is 2. The minimum atomic E-state index is -0.561. The molecule has 4 nitrogen and oxygen atoms in total. The molecule has 1 N–H and O–H groups in total. The second kappa shape index (κ2) is 5.42. The summed E-state index contributed by atoms with van der Waals surface area (Å²) in [6, 6.07) is 6.60. The van der Waals surface area contributed by atoms with E-state index in [0.29, 0.717) is 21.7 Å². The lowest BCUT2D eigenvalue weighted by Gasteiger charge is -2.07. The molecule has 0 unspecified atom stereocenters. The fourth-order valence-corrected chi connectivity index (χ4v) is 2.53. The van der Waals surface area contributed by atoms with Gasteiger partial charge in [-0.2, -0.15) is 0 Å². The van der Waals surface area contributed by atoms with Gasteiger partial charge in [-0.25, -0.2) is 9.37 Å². The Balaban J connectivity index is 1.99. The fourth-order valence-electron chi connectivity index (χ4n) is 2.40. The molecule has 0 bridgehead atoms. The highest BCUT2D eigenvalue weighted by atomic mass is 35.5. The molecule has 0 aliphatic heterocycles. The maximum atomic E-state index is 14.6. The van der Waals surface area contributed by atoms with Crippen LogP contribution in [-0.4, -0.2) is 15.5 Å². The second-order valence-electron chi connectivity index (χ2n) is 5.07. The van der Waals surface area contributed by atoms with E-state index >= 15 is 0 Å². The molecule has 0 saturated heterocycles. The number of carbonyl (C=O) groups is 1. The highest BCUT2D eigenvalue weighted by Gasteiger charge is 2.19. The topological polar surface area (TPSA) is 46.9 Å². The predicted molar refractivity (Wildman–Crippen MR) is 84.8 cm³/mol. The van der Waals surface area contributed by atoms with E-state index in [1.807, 2.05) is 0 Å². The molecular weight excluding hydrogens is 305 g/mol. The number of anilines is 1. The SMILES string of the molecule is Cc1cn(C)c2ncc(C(=O)Nc3ccc(Cl)cc3)c(F)c12. The van der Waals surface area contributed by atoms with Crippen LogP contribution in [0.1, 0.15) is 15.9 Å². The third-order valence-electron chi connectivity index (χ3n) is 3.46. The van der Waals surface area contributed by atoms with Crippen LogP contribution in [0.15, 0.2) is 36.7 Å². The largest absolute Gasteiger partial charge is 0.335 e. The zero-order valence-corrected chi connectivity index (χ0v) is 12.8. The molecule has 6 heteroatoms. The maximum Gasteiger partial charge on any atom is 0.260 e. The number of hydrogen-bond donors (Lipinski definition) is 1. The Bertz CT molecular complexity index is 871. The summed E-state index contributed by atoms with van der Waals surface area (Å²) >= 11 is 5.79. The monoisotopic (exact) mass is 317 g/mol. The van der Waals surface area contributed by atoms with Crippen LogP contribution in [-0.2, 0) is 7.05 Å². The van der Waals surface area contributed by atoms with Crippen LogP contribution in [0.25, 0.3) is 11.0 Å². The highest BCUT2D eigenvalue weighted by molar-refractivity contribution is 6.30. The Morgan fingerprint density at radius 1 is 1.32 bits per heavy atom. The molecule has 0 radical (unpaired) electrons. The van der Waals surface area contributed by atoms with Crippen molar-refractivity contribution in [1.29, 1.82) is 0 Å². The first-order valence-corrected chi connectivity index (χ1v) is 7.02. The number of carbonyl (C=O) groups excluding carboxylic acids is 1. The zero-order chi connectivity index (χ0) is 15.9. The number of fused-ring (bicyclic) bond motifs is 1. The summed E-state index contributed by atoms with van der Waals surface area (Å²) < 4.78 is 16.4. The van der Waals surface area contributed by atoms with Crippen molar-refractivity contribution in [3.05, 3.63) is 58.6 Å². The number of amides is 1. The third-order valence-corrected chi connectivity index (χ3v) is 3.71. The molecule has 0 fully saturated rings. The van der Waals surface area contributed by atoms with Gasteiger partial charge in [0.2, 0.25) is 0 Å². The first-order valence-electron chi connectivity index (χ1n) is 6.64. The Kier molecular flexibility index (Phi) is 3.58. The predicted octanol–water partition coefficient (Wildman–Crippen LogP) is 3.93. The molecule has 22 heavy (non-hydrogen) atoms. The lowest BCUT2D eigenvalue weighted by molar-refractivity contribution is 0.102. The molecule has 1 amide bonds. The zero-order valence-electron chi connectivity index (χ0n) is 12.0. The summed E-state index contributed by atoms with van der Waals surface area (Å²) in [7, 11) is 1.79. The first kappa shape index (κ1) is 14.5. The van der Waals surface area contributed by atoms with Gasteiger partial charge in [0.1, 0.15) is 11.5 Å². The third kappa shape index (κ3) is 2.44. The van der Waals surface area contributed by atoms with Gasteiger partial charge in [-0.3, -0.25) is 4.79 Å². The van der Waals surface area contributed by atoms with E-state index in [1.165, 1.54) is 6.20 Å². The second-order valence-corrected chi connectivity index (χ2v) is 5.50. The molecule has 2 heterocycles. The van der Waals surface area contributed by atoms with Crippen molar-refractivity contribution in [1.82, 2.24) is 9.55 Å². The summed E-state index contributed by atoms with van der Waals surface area (Å²) in [6.07, 6.45) is 3.03. The average molecular weight is 318 g/mol. The van der Waals surface area contributed by atoms with Crippen LogP contribution in [0.2, 0.25) is 5.02 Å². The van der Waals surface area contributed by atoms with Gasteiger partial charge in [-0.05, 0) is 36.8 Å². The molecular formula is C16H13ClFN3O. The molecule has 3 rings (SSSR count). The fraction of sp³-hybridized carbons (Fsp3) is 0.125. The summed E-state index contributed by atoms with van der Waals surface area (Å²) in [5.74, 6) is -1.10. The van der Waals surface area contributed by atoms with E-state index in [2.05, 4.69) is 10.3 Å². The van der Waals surface area contributed by atoms with E-state index in [1.54, 1.807) is 49.0 Å². The molecule has 0 spiro atoms. The Morgan fingerprint density at radius 2 is 2.00 bits per heavy atom. The van der Waals surface area contributed by atoms with Crippen LogP contribution < -0.4 is 5.32 Å². The van der Waals surface area contributed by atoms with Crippen LogP contribution in [0, 0.1) is 12.7 Å². The summed E-state index contributed by atoms with van der Waals surface area (Å²) in [4.78, 5) is 16.4. The number of hydrogen-bond acceptors (Lipinski definition) is 2. The molecule has 0 aliphatic rings. The van der Waals surface area contributed by atoms with Gasteiger partial charge in [-0.15, -0.1) is 0 Å². The van der Waals surface area contributed by atoms with E-state index < -0.39 is 11.7 Å². The van der Waals surface area contributed by atoms with Gasteiger partial charge < -0.3 is 9.88 Å². The van der Waals surface area contributed by atoms with Crippen molar-refractivity contribution >= 4 is 34.2 Å². The molecule has 0 saturated carbocycles. The Hall–Kier alpha value is -2.40. The number of rotatable bonds is 2. The van der Waals surface area contributed by atoms with E-state index in [-0.39, 0.29) is 5.56 Å². The van der Waals surface area contributed by atoms with Gasteiger partial charge >= 0.3 is 0 Å². The first-order chi connectivity index (χ1) is 10.5. The molecule has 2 aromatic heterocycles. The standard InChI is InChI=1S/C16H13ClFN3O/c1-9-8-21(2)15-13(9)14(18)12(7-19-15)16(22)20-11-5-3-10(17)4-6-11/h3-8H,1-2H3,(H,20,22). The van der Waals surface area contributed by atoms with Crippen LogP contribution in [0.3, 0.4) is 0 Å². The van der Waals surface area contributed by atoms with Gasteiger partial charge in [0, 0.05) is 30.2 Å². The molecule has 0 aliphatic carbocycles. The van der Waals surface area contributed by atoms with Gasteiger partial charge in [0.15, 0.2) is 0 Å². The van der Waals surface area contributed by atoms with Crippen molar-refractivity contribution < 1.29 is 9.18 Å². The summed E-state index contributed by atoms with van der Waals surface area (Å²) in [6.45, 7) is 1.79. The Morgan fingerprint density at radius 3 is 2.68 bits per heavy atom. The minimum Gasteiger partial charge on any atom is -0.335 e. The van der Waals surface area contributed by atoms with Crippen molar-refractivity contribution in [2.24, 2.45) is 7.05 Å². The number of nitrogens with one attached hydrogen (secondary N) is 1. The molecule has 0 atom stereocenters. The number of pyridine rings is 1. The summed E-state index contributed by atoms with van der Waals surface area (Å²) in [5.41, 5.74) is 1.71. The van der Waals surface area contributed by atoms with Gasteiger partial charge in [0.25, 0.3) is 5.91 Å². The molecule has 112 valence electrons. The lowest BCUT2D eigenvalue weighted by atomic mass is 10.1. The number of aromatic nitrogens is 2. The van der Waals surface area contributed by atoms with E-state index in [4.69, 9.17) is 11.6 Å². The van der Waals surface area contributed by atoms with E-state index in [9.17, 15) is 9.18 Å². The van der Waals surface area contributed by atoms with Gasteiger partial charge in [-0.1, -0.05) is 11.6 Å². The highest BCUT2D eigenvalue weighted by Crippen LogP contribution is 2.24. The van der Waals surface area contributed by atoms with Crippen LogP contribution >= 0.6 is 11.6 Å². The maximum absolute atomic E-state index is 14.6. The van der Waals surface area contributed by atoms with Crippen molar-refractivity contribution in [3.8, 4) is 0 Å². The average Bonchev–Trinajstić information content (AvgIpc) is 2.77. The summed E-state index contributed by atoms with van der Waals surface area (Å²) in [5, 5.41) is 3.56. The van der Waals surface area contributed by atoms with Crippen molar-refractivity contribution in [2.45, 2.75) is 6.92 Å². The number of aryl methyl sites for hydroxylation is 2. The quantitative estimate of drug-likeness (QED) is 0.778. The van der Waals surface area contributed by atoms with Crippen molar-refractivity contribution in [2.75, 3.05) is 5.32 Å².